The molecule has 26 heavy (non-hydrogen) atoms. The number of aliphatic hydroxyl groups is 1. The molecular formula is C15H22O9P2. The SMILES string of the molecule is O=Cc1cccc(OCCOCCOCCOCC(O)(P=O)[PH](=O)O)c1. The molecule has 1 aromatic carbocycles. The van der Waals surface area contributed by atoms with E-state index in [9.17, 15) is 19.0 Å². The molecule has 2 atom stereocenters. The Labute approximate surface area is 153 Å². The van der Waals surface area contributed by atoms with Gasteiger partial charge in [0.25, 0.3) is 0 Å². The van der Waals surface area contributed by atoms with Crippen molar-refractivity contribution in [3.8, 4) is 5.75 Å². The summed E-state index contributed by atoms with van der Waals surface area (Å²) < 4.78 is 42.4. The van der Waals surface area contributed by atoms with Gasteiger partial charge in [-0.1, -0.05) is 12.1 Å². The van der Waals surface area contributed by atoms with Crippen LogP contribution in [0.5, 0.6) is 5.75 Å². The Morgan fingerprint density at radius 1 is 1.08 bits per heavy atom. The van der Waals surface area contributed by atoms with Gasteiger partial charge in [0.2, 0.25) is 21.6 Å². The van der Waals surface area contributed by atoms with Crippen LogP contribution in [-0.4, -0.2) is 67.6 Å². The van der Waals surface area contributed by atoms with Crippen LogP contribution in [0.15, 0.2) is 24.3 Å². The van der Waals surface area contributed by atoms with Gasteiger partial charge in [-0.05, 0) is 12.1 Å². The Hall–Kier alpha value is -1.18. The summed E-state index contributed by atoms with van der Waals surface area (Å²) in [6, 6.07) is 6.80. The van der Waals surface area contributed by atoms with Gasteiger partial charge < -0.3 is 28.9 Å². The Morgan fingerprint density at radius 2 is 1.69 bits per heavy atom. The van der Waals surface area contributed by atoms with E-state index in [1.807, 2.05) is 0 Å². The lowest BCUT2D eigenvalue weighted by atomic mass is 10.2. The van der Waals surface area contributed by atoms with E-state index in [0.29, 0.717) is 37.7 Å². The van der Waals surface area contributed by atoms with Gasteiger partial charge in [0.05, 0.1) is 39.6 Å². The van der Waals surface area contributed by atoms with E-state index in [0.717, 1.165) is 6.29 Å². The molecule has 0 amide bonds. The summed E-state index contributed by atoms with van der Waals surface area (Å²) in [5.41, 5.74) is 0.540. The van der Waals surface area contributed by atoms with Gasteiger partial charge >= 0.3 is 0 Å². The zero-order valence-corrected chi connectivity index (χ0v) is 15.9. The first-order valence-electron chi connectivity index (χ1n) is 7.73. The Kier molecular flexibility index (Phi) is 11.5. The lowest BCUT2D eigenvalue weighted by Gasteiger charge is -2.16. The lowest BCUT2D eigenvalue weighted by Crippen LogP contribution is -2.24. The number of aldehydes is 1. The molecule has 11 heteroatoms. The number of hydrogen-bond acceptors (Lipinski definition) is 8. The largest absolute Gasteiger partial charge is 0.491 e. The molecule has 0 heterocycles. The summed E-state index contributed by atoms with van der Waals surface area (Å²) in [6.45, 7) is 1.08. The predicted octanol–water partition coefficient (Wildman–Crippen LogP) is 1.33. The Bertz CT molecular complexity index is 584. The average Bonchev–Trinajstić information content (AvgIpc) is 2.65. The molecule has 0 aliphatic heterocycles. The minimum atomic E-state index is -3.39. The zero-order chi connectivity index (χ0) is 19.3. The first-order valence-corrected chi connectivity index (χ1v) is 9.90. The van der Waals surface area contributed by atoms with E-state index in [2.05, 4.69) is 0 Å². The Morgan fingerprint density at radius 3 is 2.27 bits per heavy atom. The molecular weight excluding hydrogens is 386 g/mol. The standard InChI is InChI=1S/C15H22O9P2/c16-11-13-2-1-3-14(10-13)24-9-8-22-5-4-21-6-7-23-12-15(17,25-18)26(19)20/h1-3,10-11,17,26H,4-9,12H2,(H,19,20). The maximum Gasteiger partial charge on any atom is 0.241 e. The van der Waals surface area contributed by atoms with Crippen molar-refractivity contribution in [2.45, 2.75) is 5.08 Å². The van der Waals surface area contributed by atoms with Crippen LogP contribution in [0.1, 0.15) is 10.4 Å². The smallest absolute Gasteiger partial charge is 0.241 e. The molecule has 0 aliphatic carbocycles. The summed E-state index contributed by atoms with van der Waals surface area (Å²) in [7, 11) is -4.25. The molecule has 0 aliphatic rings. The van der Waals surface area contributed by atoms with E-state index < -0.39 is 28.2 Å². The van der Waals surface area contributed by atoms with Gasteiger partial charge in [-0.15, -0.1) is 0 Å². The summed E-state index contributed by atoms with van der Waals surface area (Å²) in [6.07, 6.45) is 0.746. The quantitative estimate of drug-likeness (QED) is 0.251. The number of hydrogen-bond donors (Lipinski definition) is 2. The van der Waals surface area contributed by atoms with Crippen LogP contribution in [-0.2, 0) is 23.3 Å². The molecule has 0 bridgehead atoms. The maximum atomic E-state index is 10.8. The van der Waals surface area contributed by atoms with Gasteiger partial charge in [-0.3, -0.25) is 13.9 Å². The fraction of sp³-hybridized carbons (Fsp3) is 0.533. The molecule has 0 aromatic heterocycles. The van der Waals surface area contributed by atoms with E-state index in [1.54, 1.807) is 24.3 Å². The summed E-state index contributed by atoms with van der Waals surface area (Å²) in [5, 5.41) is 7.22. The van der Waals surface area contributed by atoms with Crippen LogP contribution in [0.4, 0.5) is 0 Å². The minimum Gasteiger partial charge on any atom is -0.491 e. The average molecular weight is 408 g/mol. The van der Waals surface area contributed by atoms with Crippen LogP contribution in [0.2, 0.25) is 0 Å². The highest BCUT2D eigenvalue weighted by molar-refractivity contribution is 7.53. The predicted molar refractivity (Wildman–Crippen MR) is 93.6 cm³/mol. The van der Waals surface area contributed by atoms with E-state index >= 15 is 0 Å². The molecule has 0 saturated carbocycles. The molecule has 1 aromatic rings. The molecule has 0 spiro atoms. The fourth-order valence-electron chi connectivity index (χ4n) is 1.68. The minimum absolute atomic E-state index is 0.0726. The van der Waals surface area contributed by atoms with Crippen molar-refractivity contribution in [2.24, 2.45) is 0 Å². The van der Waals surface area contributed by atoms with E-state index in [-0.39, 0.29) is 13.2 Å². The molecule has 2 N–H and O–H groups in total. The van der Waals surface area contributed by atoms with Crippen LogP contribution in [0.25, 0.3) is 0 Å². The summed E-state index contributed by atoms with van der Waals surface area (Å²) >= 11 is 0. The molecule has 2 unspecified atom stereocenters. The van der Waals surface area contributed by atoms with Gasteiger partial charge in [0.1, 0.15) is 18.6 Å². The third-order valence-corrected chi connectivity index (χ3v) is 5.14. The van der Waals surface area contributed by atoms with Gasteiger partial charge in [0, 0.05) is 5.56 Å². The van der Waals surface area contributed by atoms with Gasteiger partial charge in [-0.2, -0.15) is 0 Å². The monoisotopic (exact) mass is 408 g/mol. The summed E-state index contributed by atoms with van der Waals surface area (Å²) in [5.74, 6) is 0.592. The normalized spacial score (nSPS) is 14.7. The third-order valence-electron chi connectivity index (χ3n) is 3.03. The highest BCUT2D eigenvalue weighted by Gasteiger charge is 2.34. The first-order chi connectivity index (χ1) is 12.5. The van der Waals surface area contributed by atoms with Crippen molar-refractivity contribution in [2.75, 3.05) is 46.2 Å². The number of rotatable bonds is 15. The third kappa shape index (κ3) is 8.96. The van der Waals surface area contributed by atoms with E-state index in [4.69, 9.17) is 23.8 Å². The second kappa shape index (κ2) is 13.1. The highest BCUT2D eigenvalue weighted by atomic mass is 31.2. The number of carbonyl (C=O) groups excluding carboxylic acids is 1. The number of carbonyl (C=O) groups is 1. The van der Waals surface area contributed by atoms with Crippen molar-refractivity contribution >= 4 is 22.8 Å². The van der Waals surface area contributed by atoms with Crippen LogP contribution in [0, 0.1) is 0 Å². The van der Waals surface area contributed by atoms with Crippen LogP contribution in [0.3, 0.4) is 0 Å². The van der Waals surface area contributed by atoms with Gasteiger partial charge in [0.15, 0.2) is 0 Å². The van der Waals surface area contributed by atoms with Crippen molar-refractivity contribution in [3.63, 3.8) is 0 Å². The molecule has 0 fully saturated rings. The highest BCUT2D eigenvalue weighted by Crippen LogP contribution is 2.41. The molecule has 9 nitrogen and oxygen atoms in total. The molecule has 0 radical (unpaired) electrons. The van der Waals surface area contributed by atoms with Crippen LogP contribution < -0.4 is 4.74 Å². The summed E-state index contributed by atoms with van der Waals surface area (Å²) in [4.78, 5) is 19.5. The second-order valence-corrected chi connectivity index (χ2v) is 7.81. The Balaban J connectivity index is 1.97. The lowest BCUT2D eigenvalue weighted by molar-refractivity contribution is -0.00675. The zero-order valence-electron chi connectivity index (χ0n) is 14.0. The van der Waals surface area contributed by atoms with Gasteiger partial charge in [-0.25, -0.2) is 0 Å². The first kappa shape index (κ1) is 22.9. The fourth-order valence-corrected chi connectivity index (χ4v) is 2.36. The van der Waals surface area contributed by atoms with E-state index in [1.165, 1.54) is 0 Å². The molecule has 0 saturated heterocycles. The topological polar surface area (TPSA) is 129 Å². The number of benzene rings is 1. The maximum absolute atomic E-state index is 10.8. The van der Waals surface area contributed by atoms with Crippen molar-refractivity contribution in [1.29, 1.82) is 0 Å². The molecule has 146 valence electrons. The van der Waals surface area contributed by atoms with Crippen molar-refractivity contribution < 1.29 is 42.9 Å². The molecule has 1 rings (SSSR count). The van der Waals surface area contributed by atoms with Crippen LogP contribution >= 0.6 is 16.5 Å². The van der Waals surface area contributed by atoms with Crippen molar-refractivity contribution in [1.82, 2.24) is 0 Å². The number of ether oxygens (including phenoxy) is 4. The van der Waals surface area contributed by atoms with Crippen molar-refractivity contribution in [3.05, 3.63) is 29.8 Å². The second-order valence-electron chi connectivity index (χ2n) is 5.03.